The first kappa shape index (κ1) is 11.2. The molecule has 92 valence electrons. The Labute approximate surface area is 105 Å². The third kappa shape index (κ3) is 1.75. The number of hydrogen-bond acceptors (Lipinski definition) is 3. The highest BCUT2D eigenvalue weighted by Gasteiger charge is 2.37. The molecule has 2 aliphatic rings. The summed E-state index contributed by atoms with van der Waals surface area (Å²) in [5.74, 6) is -0.354. The van der Waals surface area contributed by atoms with Crippen LogP contribution >= 0.6 is 0 Å². The van der Waals surface area contributed by atoms with Crippen molar-refractivity contribution in [3.8, 4) is 0 Å². The lowest BCUT2D eigenvalue weighted by molar-refractivity contribution is -0.138. The lowest BCUT2D eigenvalue weighted by atomic mass is 10.1. The maximum Gasteiger partial charge on any atom is 0.261 e. The average molecular weight is 242 g/mol. The Hall–Kier alpha value is -1.94. The lowest BCUT2D eigenvalue weighted by Crippen LogP contribution is -2.41. The van der Waals surface area contributed by atoms with E-state index in [1.807, 2.05) is 30.3 Å². The van der Waals surface area contributed by atoms with Crippen LogP contribution in [-0.2, 0) is 9.59 Å². The fourth-order valence-electron chi connectivity index (χ4n) is 2.51. The number of carbonyl (C=O) groups is 2. The summed E-state index contributed by atoms with van der Waals surface area (Å²) in [6.07, 6.45) is 2.30. The van der Waals surface area contributed by atoms with Gasteiger partial charge in [0.1, 0.15) is 0 Å². The van der Waals surface area contributed by atoms with Crippen molar-refractivity contribution >= 4 is 17.4 Å². The molecule has 0 spiro atoms. The van der Waals surface area contributed by atoms with Crippen molar-refractivity contribution < 1.29 is 9.59 Å². The number of nitrogens with one attached hydrogen (secondary N) is 1. The third-order valence-electron chi connectivity index (χ3n) is 3.44. The first-order valence-corrected chi connectivity index (χ1v) is 6.13. The average Bonchev–Trinajstić information content (AvgIpc) is 2.99. The van der Waals surface area contributed by atoms with Crippen LogP contribution in [0, 0.1) is 0 Å². The largest absolute Gasteiger partial charge is 0.315 e. The minimum atomic E-state index is -0.187. The highest BCUT2D eigenvalue weighted by atomic mass is 16.2. The van der Waals surface area contributed by atoms with Crippen LogP contribution in [-0.4, -0.2) is 35.8 Å². The molecule has 18 heavy (non-hydrogen) atoms. The van der Waals surface area contributed by atoms with E-state index in [9.17, 15) is 9.59 Å². The van der Waals surface area contributed by atoms with Crippen molar-refractivity contribution in [2.75, 3.05) is 13.1 Å². The van der Waals surface area contributed by atoms with E-state index in [-0.39, 0.29) is 17.9 Å². The zero-order chi connectivity index (χ0) is 12.5. The number of amides is 2. The number of benzene rings is 1. The highest BCUT2D eigenvalue weighted by Crippen LogP contribution is 2.26. The molecule has 2 aliphatic heterocycles. The van der Waals surface area contributed by atoms with E-state index in [1.54, 1.807) is 0 Å². The molecule has 3 rings (SSSR count). The van der Waals surface area contributed by atoms with E-state index in [1.165, 1.54) is 11.0 Å². The minimum absolute atomic E-state index is 0.00228. The van der Waals surface area contributed by atoms with Gasteiger partial charge in [0.2, 0.25) is 0 Å². The van der Waals surface area contributed by atoms with Crippen molar-refractivity contribution in [3.63, 3.8) is 0 Å². The van der Waals surface area contributed by atoms with E-state index in [0.29, 0.717) is 12.1 Å². The summed E-state index contributed by atoms with van der Waals surface area (Å²) in [6.45, 7) is 1.57. The van der Waals surface area contributed by atoms with E-state index in [0.717, 1.165) is 18.5 Å². The van der Waals surface area contributed by atoms with Gasteiger partial charge in [-0.05, 0) is 18.5 Å². The van der Waals surface area contributed by atoms with Gasteiger partial charge in [0, 0.05) is 12.6 Å². The molecule has 1 aromatic carbocycles. The summed E-state index contributed by atoms with van der Waals surface area (Å²) in [5.41, 5.74) is 1.32. The number of rotatable bonds is 2. The van der Waals surface area contributed by atoms with Crippen LogP contribution in [0.5, 0.6) is 0 Å². The molecule has 0 bridgehead atoms. The molecule has 0 saturated carbocycles. The number of carbonyl (C=O) groups excluding carboxylic acids is 2. The summed E-state index contributed by atoms with van der Waals surface area (Å²) in [6, 6.07) is 9.34. The molecule has 2 amide bonds. The smallest absolute Gasteiger partial charge is 0.261 e. The van der Waals surface area contributed by atoms with Gasteiger partial charge in [0.05, 0.1) is 11.6 Å². The van der Waals surface area contributed by atoms with Crippen LogP contribution in [0.1, 0.15) is 12.0 Å². The summed E-state index contributed by atoms with van der Waals surface area (Å²) in [5, 5.41) is 3.18. The van der Waals surface area contributed by atoms with Gasteiger partial charge in [-0.25, -0.2) is 0 Å². The zero-order valence-electron chi connectivity index (χ0n) is 9.93. The van der Waals surface area contributed by atoms with E-state index >= 15 is 0 Å². The Morgan fingerprint density at radius 2 is 1.94 bits per heavy atom. The fraction of sp³-hybridized carbons (Fsp3) is 0.286. The van der Waals surface area contributed by atoms with Crippen molar-refractivity contribution in [2.45, 2.75) is 12.5 Å². The molecule has 4 nitrogen and oxygen atoms in total. The minimum Gasteiger partial charge on any atom is -0.315 e. The van der Waals surface area contributed by atoms with Gasteiger partial charge in [0.15, 0.2) is 0 Å². The predicted molar refractivity (Wildman–Crippen MR) is 67.5 cm³/mol. The van der Waals surface area contributed by atoms with Crippen LogP contribution in [0.2, 0.25) is 0 Å². The Balaban J connectivity index is 1.89. The maximum atomic E-state index is 12.3. The molecule has 0 radical (unpaired) electrons. The SMILES string of the molecule is O=C1C=C(c2ccccc2)C(=O)N1C1CCNC1. The van der Waals surface area contributed by atoms with Gasteiger partial charge >= 0.3 is 0 Å². The van der Waals surface area contributed by atoms with Gasteiger partial charge in [-0.3, -0.25) is 14.5 Å². The van der Waals surface area contributed by atoms with Crippen molar-refractivity contribution in [2.24, 2.45) is 0 Å². The number of imide groups is 1. The molecule has 1 aromatic rings. The van der Waals surface area contributed by atoms with Crippen molar-refractivity contribution in [3.05, 3.63) is 42.0 Å². The molecule has 4 heteroatoms. The standard InChI is InChI=1S/C14H14N2O2/c17-13-8-12(10-4-2-1-3-5-10)14(18)16(13)11-6-7-15-9-11/h1-5,8,11,15H,6-7,9H2. The Morgan fingerprint density at radius 3 is 2.61 bits per heavy atom. The summed E-state index contributed by atoms with van der Waals surface area (Å²) < 4.78 is 0. The summed E-state index contributed by atoms with van der Waals surface area (Å²) >= 11 is 0. The summed E-state index contributed by atoms with van der Waals surface area (Å²) in [7, 11) is 0. The van der Waals surface area contributed by atoms with Gasteiger partial charge in [-0.15, -0.1) is 0 Å². The van der Waals surface area contributed by atoms with Gasteiger partial charge < -0.3 is 5.32 Å². The Morgan fingerprint density at radius 1 is 1.17 bits per heavy atom. The van der Waals surface area contributed by atoms with Gasteiger partial charge in [0.25, 0.3) is 11.8 Å². The predicted octanol–water partition coefficient (Wildman–Crippen LogP) is 0.801. The maximum absolute atomic E-state index is 12.3. The van der Waals surface area contributed by atoms with E-state index in [2.05, 4.69) is 5.32 Å². The van der Waals surface area contributed by atoms with Crippen LogP contribution < -0.4 is 5.32 Å². The monoisotopic (exact) mass is 242 g/mol. The molecular weight excluding hydrogens is 228 g/mol. The first-order valence-electron chi connectivity index (χ1n) is 6.13. The van der Waals surface area contributed by atoms with Crippen molar-refractivity contribution in [1.82, 2.24) is 10.2 Å². The molecule has 0 aliphatic carbocycles. The Bertz CT molecular complexity index is 516. The first-order chi connectivity index (χ1) is 8.77. The Kier molecular flexibility index (Phi) is 2.72. The fourth-order valence-corrected chi connectivity index (χ4v) is 2.51. The van der Waals surface area contributed by atoms with Crippen LogP contribution in [0.3, 0.4) is 0 Å². The highest BCUT2D eigenvalue weighted by molar-refractivity contribution is 6.33. The molecule has 1 fully saturated rings. The van der Waals surface area contributed by atoms with Crippen LogP contribution in [0.15, 0.2) is 36.4 Å². The lowest BCUT2D eigenvalue weighted by Gasteiger charge is -2.21. The van der Waals surface area contributed by atoms with Gasteiger partial charge in [-0.1, -0.05) is 30.3 Å². The topological polar surface area (TPSA) is 49.4 Å². The van der Waals surface area contributed by atoms with E-state index in [4.69, 9.17) is 0 Å². The molecule has 1 saturated heterocycles. The zero-order valence-corrected chi connectivity index (χ0v) is 9.93. The molecule has 1 unspecified atom stereocenters. The van der Waals surface area contributed by atoms with Crippen molar-refractivity contribution in [1.29, 1.82) is 0 Å². The molecule has 1 atom stereocenters. The molecule has 1 N–H and O–H groups in total. The number of nitrogens with zero attached hydrogens (tertiary/aromatic N) is 1. The second kappa shape index (κ2) is 4.38. The van der Waals surface area contributed by atoms with Crippen LogP contribution in [0.25, 0.3) is 5.57 Å². The second-order valence-electron chi connectivity index (χ2n) is 4.58. The second-order valence-corrected chi connectivity index (χ2v) is 4.58. The van der Waals surface area contributed by atoms with Crippen LogP contribution in [0.4, 0.5) is 0 Å². The molecular formula is C14H14N2O2. The number of hydrogen-bond donors (Lipinski definition) is 1. The van der Waals surface area contributed by atoms with Gasteiger partial charge in [-0.2, -0.15) is 0 Å². The molecule has 0 aromatic heterocycles. The molecule has 2 heterocycles. The normalized spacial score (nSPS) is 23.7. The summed E-state index contributed by atoms with van der Waals surface area (Å²) in [4.78, 5) is 25.7. The van der Waals surface area contributed by atoms with E-state index < -0.39 is 0 Å². The third-order valence-corrected chi connectivity index (χ3v) is 3.44. The quantitative estimate of drug-likeness (QED) is 0.780.